The van der Waals surface area contributed by atoms with Gasteiger partial charge in [0.2, 0.25) is 0 Å². The van der Waals surface area contributed by atoms with Gasteiger partial charge in [0.25, 0.3) is 11.8 Å². The molecule has 1 N–H and O–H groups in total. The van der Waals surface area contributed by atoms with Crippen LogP contribution >= 0.6 is 0 Å². The Kier molecular flexibility index (Phi) is 6.40. The molecule has 0 radical (unpaired) electrons. The van der Waals surface area contributed by atoms with E-state index in [9.17, 15) is 9.59 Å². The summed E-state index contributed by atoms with van der Waals surface area (Å²) in [5.41, 5.74) is 3.15. The van der Waals surface area contributed by atoms with Crippen LogP contribution in [-0.2, 0) is 17.8 Å². The molecular weight excluding hydrogens is 404 g/mol. The van der Waals surface area contributed by atoms with Crippen molar-refractivity contribution in [2.24, 2.45) is 0 Å². The van der Waals surface area contributed by atoms with Crippen molar-refractivity contribution in [3.05, 3.63) is 89.5 Å². The molecule has 164 valence electrons. The lowest BCUT2D eigenvalue weighted by molar-refractivity contribution is -0.137. The van der Waals surface area contributed by atoms with Gasteiger partial charge in [-0.3, -0.25) is 9.59 Å². The van der Waals surface area contributed by atoms with E-state index in [1.54, 1.807) is 37.1 Å². The molecule has 1 heterocycles. The van der Waals surface area contributed by atoms with Crippen LogP contribution in [0.15, 0.2) is 72.8 Å². The monoisotopic (exact) mass is 430 g/mol. The Bertz CT molecular complexity index is 1110. The Balaban J connectivity index is 1.52. The molecule has 0 saturated heterocycles. The zero-order valence-electron chi connectivity index (χ0n) is 18.2. The second kappa shape index (κ2) is 9.56. The predicted molar refractivity (Wildman–Crippen MR) is 123 cm³/mol. The number of hydrogen-bond acceptors (Lipinski definition) is 4. The predicted octanol–water partition coefficient (Wildman–Crippen LogP) is 4.30. The van der Waals surface area contributed by atoms with E-state index in [2.05, 4.69) is 5.32 Å². The summed E-state index contributed by atoms with van der Waals surface area (Å²) in [5, 5.41) is 2.92. The summed E-state index contributed by atoms with van der Waals surface area (Å²) in [6, 6.07) is 22.3. The van der Waals surface area contributed by atoms with Crippen molar-refractivity contribution in [1.29, 1.82) is 0 Å². The lowest BCUT2D eigenvalue weighted by Crippen LogP contribution is -2.39. The molecule has 0 fully saturated rings. The molecule has 1 atom stereocenters. The summed E-state index contributed by atoms with van der Waals surface area (Å²) in [5.74, 6) is 1.22. The molecule has 6 nitrogen and oxygen atoms in total. The van der Waals surface area contributed by atoms with Gasteiger partial charge in [-0.2, -0.15) is 0 Å². The maximum absolute atomic E-state index is 12.9. The molecule has 1 aliphatic rings. The third-order valence-corrected chi connectivity index (χ3v) is 5.52. The fraction of sp³-hybridized carbons (Fsp3) is 0.231. The highest BCUT2D eigenvalue weighted by Crippen LogP contribution is 2.29. The first-order chi connectivity index (χ1) is 15.5. The SMILES string of the molecule is COc1ccccc1CCN1Cc2cc(NC(=O)c3ccccc3)ccc2O[C@H](C)C1=O. The van der Waals surface area contributed by atoms with E-state index in [0.29, 0.717) is 36.5 Å². The van der Waals surface area contributed by atoms with Gasteiger partial charge in [-0.05, 0) is 55.3 Å². The van der Waals surface area contributed by atoms with E-state index in [4.69, 9.17) is 9.47 Å². The summed E-state index contributed by atoms with van der Waals surface area (Å²) < 4.78 is 11.3. The molecular formula is C26H26N2O4. The normalized spacial score (nSPS) is 15.4. The number of para-hydroxylation sites is 1. The molecule has 4 rings (SSSR count). The Hall–Kier alpha value is -3.80. The van der Waals surface area contributed by atoms with Crippen LogP contribution in [0.1, 0.15) is 28.4 Å². The molecule has 1 aliphatic heterocycles. The number of rotatable bonds is 6. The second-order valence-electron chi connectivity index (χ2n) is 7.72. The van der Waals surface area contributed by atoms with E-state index in [1.807, 2.05) is 54.6 Å². The minimum absolute atomic E-state index is 0.0639. The number of hydrogen-bond donors (Lipinski definition) is 1. The fourth-order valence-electron chi connectivity index (χ4n) is 3.82. The molecule has 0 bridgehead atoms. The van der Waals surface area contributed by atoms with Gasteiger partial charge < -0.3 is 19.7 Å². The average molecular weight is 431 g/mol. The summed E-state index contributed by atoms with van der Waals surface area (Å²) >= 11 is 0. The Morgan fingerprint density at radius 2 is 1.84 bits per heavy atom. The van der Waals surface area contributed by atoms with Gasteiger partial charge in [0.15, 0.2) is 6.10 Å². The van der Waals surface area contributed by atoms with E-state index in [1.165, 1.54) is 0 Å². The van der Waals surface area contributed by atoms with Gasteiger partial charge in [0.05, 0.1) is 7.11 Å². The summed E-state index contributed by atoms with van der Waals surface area (Å²) in [7, 11) is 1.65. The van der Waals surface area contributed by atoms with Gasteiger partial charge in [-0.1, -0.05) is 36.4 Å². The molecule has 2 amide bonds. The number of fused-ring (bicyclic) bond motifs is 1. The molecule has 6 heteroatoms. The van der Waals surface area contributed by atoms with Crippen LogP contribution in [0.3, 0.4) is 0 Å². The largest absolute Gasteiger partial charge is 0.496 e. The summed E-state index contributed by atoms with van der Waals surface area (Å²) in [4.78, 5) is 27.3. The van der Waals surface area contributed by atoms with E-state index < -0.39 is 6.10 Å². The first-order valence-electron chi connectivity index (χ1n) is 10.6. The first kappa shape index (κ1) is 21.4. The van der Waals surface area contributed by atoms with Crippen molar-refractivity contribution >= 4 is 17.5 Å². The number of ether oxygens (including phenoxy) is 2. The van der Waals surface area contributed by atoms with Crippen molar-refractivity contribution in [3.63, 3.8) is 0 Å². The zero-order chi connectivity index (χ0) is 22.5. The Morgan fingerprint density at radius 1 is 1.09 bits per heavy atom. The Morgan fingerprint density at radius 3 is 2.62 bits per heavy atom. The van der Waals surface area contributed by atoms with E-state index in [-0.39, 0.29) is 11.8 Å². The van der Waals surface area contributed by atoms with Crippen molar-refractivity contribution in [3.8, 4) is 11.5 Å². The highest BCUT2D eigenvalue weighted by Gasteiger charge is 2.28. The number of benzene rings is 3. The lowest BCUT2D eigenvalue weighted by Gasteiger charge is -2.22. The topological polar surface area (TPSA) is 67.9 Å². The van der Waals surface area contributed by atoms with Crippen LogP contribution in [0.2, 0.25) is 0 Å². The summed E-state index contributed by atoms with van der Waals surface area (Å²) in [6.07, 6.45) is 0.0843. The number of amides is 2. The maximum Gasteiger partial charge on any atom is 0.263 e. The fourth-order valence-corrected chi connectivity index (χ4v) is 3.82. The van der Waals surface area contributed by atoms with Gasteiger partial charge in [0, 0.05) is 29.9 Å². The van der Waals surface area contributed by atoms with Gasteiger partial charge in [-0.15, -0.1) is 0 Å². The molecule has 0 aromatic heterocycles. The minimum Gasteiger partial charge on any atom is -0.496 e. The van der Waals surface area contributed by atoms with Crippen LogP contribution in [-0.4, -0.2) is 36.5 Å². The van der Waals surface area contributed by atoms with Crippen LogP contribution in [0.4, 0.5) is 5.69 Å². The third-order valence-electron chi connectivity index (χ3n) is 5.52. The van der Waals surface area contributed by atoms with Crippen molar-refractivity contribution in [2.45, 2.75) is 26.0 Å². The number of anilines is 1. The number of nitrogens with one attached hydrogen (secondary N) is 1. The minimum atomic E-state index is -0.585. The first-order valence-corrected chi connectivity index (χ1v) is 10.6. The quantitative estimate of drug-likeness (QED) is 0.633. The average Bonchev–Trinajstić information content (AvgIpc) is 2.94. The van der Waals surface area contributed by atoms with Crippen molar-refractivity contribution < 1.29 is 19.1 Å². The Labute approximate surface area is 187 Å². The molecule has 3 aromatic rings. The number of nitrogens with zero attached hydrogens (tertiary/aromatic N) is 1. The van der Waals surface area contributed by atoms with Crippen molar-refractivity contribution in [2.75, 3.05) is 19.0 Å². The highest BCUT2D eigenvalue weighted by atomic mass is 16.5. The standard InChI is InChI=1S/C26H26N2O4/c1-18-26(30)28(15-14-19-8-6-7-11-23(19)31-2)17-21-16-22(12-13-24(21)32-18)27-25(29)20-9-4-3-5-10-20/h3-13,16,18H,14-15,17H2,1-2H3,(H,27,29)/t18-/m1/s1. The lowest BCUT2D eigenvalue weighted by atomic mass is 10.1. The van der Waals surface area contributed by atoms with Crippen LogP contribution in [0, 0.1) is 0 Å². The van der Waals surface area contributed by atoms with E-state index in [0.717, 1.165) is 16.9 Å². The number of carbonyl (C=O) groups excluding carboxylic acids is 2. The van der Waals surface area contributed by atoms with Gasteiger partial charge in [-0.25, -0.2) is 0 Å². The second-order valence-corrected chi connectivity index (χ2v) is 7.72. The molecule has 3 aromatic carbocycles. The third kappa shape index (κ3) is 4.75. The molecule has 0 spiro atoms. The molecule has 32 heavy (non-hydrogen) atoms. The van der Waals surface area contributed by atoms with E-state index >= 15 is 0 Å². The number of carbonyl (C=O) groups is 2. The number of methoxy groups -OCH3 is 1. The maximum atomic E-state index is 12.9. The van der Waals surface area contributed by atoms with Gasteiger partial charge >= 0.3 is 0 Å². The summed E-state index contributed by atoms with van der Waals surface area (Å²) in [6.45, 7) is 2.70. The zero-order valence-corrected chi connectivity index (χ0v) is 18.2. The molecule has 0 saturated carbocycles. The van der Waals surface area contributed by atoms with Crippen molar-refractivity contribution in [1.82, 2.24) is 4.90 Å². The van der Waals surface area contributed by atoms with Crippen LogP contribution < -0.4 is 14.8 Å². The van der Waals surface area contributed by atoms with Crippen LogP contribution in [0.5, 0.6) is 11.5 Å². The smallest absolute Gasteiger partial charge is 0.263 e. The van der Waals surface area contributed by atoms with Crippen LogP contribution in [0.25, 0.3) is 0 Å². The highest BCUT2D eigenvalue weighted by molar-refractivity contribution is 6.04. The molecule has 0 unspecified atom stereocenters. The molecule has 0 aliphatic carbocycles. The van der Waals surface area contributed by atoms with Gasteiger partial charge in [0.1, 0.15) is 11.5 Å².